The van der Waals surface area contributed by atoms with Crippen LogP contribution in [0, 0.1) is 17.1 Å². The molecule has 1 heterocycles. The summed E-state index contributed by atoms with van der Waals surface area (Å²) in [4.78, 5) is 28.0. The summed E-state index contributed by atoms with van der Waals surface area (Å²) in [6.45, 7) is -0.282. The van der Waals surface area contributed by atoms with Gasteiger partial charge in [-0.1, -0.05) is 6.42 Å². The van der Waals surface area contributed by atoms with Gasteiger partial charge in [-0.05, 0) is 61.6 Å². The molecule has 0 radical (unpaired) electrons. The standard InChI is InChI=1S/C21H21FN2O3S/c22-16-7-9-17(10-8-16)24(12-4-11-23)20(25)14-27-21(26)19-13-15-5-2-1-3-6-18(15)28-19/h7-10,13H,1-6,12,14H2. The first-order chi connectivity index (χ1) is 13.6. The third-order valence-electron chi connectivity index (χ3n) is 4.66. The Morgan fingerprint density at radius 3 is 2.68 bits per heavy atom. The van der Waals surface area contributed by atoms with E-state index in [0.29, 0.717) is 10.6 Å². The van der Waals surface area contributed by atoms with Gasteiger partial charge in [-0.25, -0.2) is 9.18 Å². The first-order valence-electron chi connectivity index (χ1n) is 9.30. The Morgan fingerprint density at radius 1 is 1.18 bits per heavy atom. The van der Waals surface area contributed by atoms with Gasteiger partial charge in [-0.2, -0.15) is 5.26 Å². The first-order valence-corrected chi connectivity index (χ1v) is 10.1. The van der Waals surface area contributed by atoms with Gasteiger partial charge in [0.2, 0.25) is 0 Å². The highest BCUT2D eigenvalue weighted by Gasteiger charge is 2.21. The van der Waals surface area contributed by atoms with Crippen molar-refractivity contribution in [3.8, 4) is 6.07 Å². The molecular formula is C21H21FN2O3S. The SMILES string of the molecule is N#CCCN(C(=O)COC(=O)c1cc2c(s1)CCCCC2)c1ccc(F)cc1. The summed E-state index contributed by atoms with van der Waals surface area (Å²) < 4.78 is 18.4. The van der Waals surface area contributed by atoms with E-state index in [1.165, 1.54) is 57.4 Å². The van der Waals surface area contributed by atoms with Crippen molar-refractivity contribution in [1.29, 1.82) is 5.26 Å². The molecule has 1 aromatic carbocycles. The van der Waals surface area contributed by atoms with Gasteiger partial charge < -0.3 is 9.64 Å². The number of hydrogen-bond acceptors (Lipinski definition) is 5. The van der Waals surface area contributed by atoms with Crippen LogP contribution in [0.15, 0.2) is 30.3 Å². The third kappa shape index (κ3) is 4.96. The Balaban J connectivity index is 1.64. The number of amides is 1. The molecule has 0 saturated heterocycles. The number of thiophene rings is 1. The number of benzene rings is 1. The normalized spacial score (nSPS) is 13.1. The number of hydrogen-bond donors (Lipinski definition) is 0. The molecule has 0 aliphatic heterocycles. The summed E-state index contributed by atoms with van der Waals surface area (Å²) in [6, 6.07) is 9.27. The van der Waals surface area contributed by atoms with Crippen molar-refractivity contribution >= 4 is 28.9 Å². The highest BCUT2D eigenvalue weighted by Crippen LogP contribution is 2.29. The van der Waals surface area contributed by atoms with Crippen molar-refractivity contribution in [3.63, 3.8) is 0 Å². The van der Waals surface area contributed by atoms with Crippen molar-refractivity contribution in [1.82, 2.24) is 0 Å². The number of aryl methyl sites for hydroxylation is 2. The summed E-state index contributed by atoms with van der Waals surface area (Å²) in [5, 5.41) is 8.82. The monoisotopic (exact) mass is 400 g/mol. The number of esters is 1. The Hall–Kier alpha value is -2.72. The number of rotatable bonds is 6. The zero-order valence-corrected chi connectivity index (χ0v) is 16.3. The molecule has 1 amide bonds. The second-order valence-corrected chi connectivity index (χ2v) is 7.76. The molecule has 1 aliphatic rings. The minimum atomic E-state index is -0.509. The van der Waals surface area contributed by atoms with Gasteiger partial charge >= 0.3 is 5.97 Å². The lowest BCUT2D eigenvalue weighted by atomic mass is 10.1. The molecule has 0 fully saturated rings. The van der Waals surface area contributed by atoms with Crippen molar-refractivity contribution in [2.45, 2.75) is 38.5 Å². The molecule has 0 saturated carbocycles. The molecular weight excluding hydrogens is 379 g/mol. The molecule has 7 heteroatoms. The maximum atomic E-state index is 13.1. The molecule has 3 rings (SSSR count). The molecule has 1 aromatic heterocycles. The predicted octanol–water partition coefficient (Wildman–Crippen LogP) is 4.26. The number of ether oxygens (including phenoxy) is 1. The van der Waals surface area contributed by atoms with E-state index in [9.17, 15) is 14.0 Å². The van der Waals surface area contributed by atoms with Crippen LogP contribution in [0.25, 0.3) is 0 Å². The fourth-order valence-corrected chi connectivity index (χ4v) is 4.37. The van der Waals surface area contributed by atoms with Crippen LogP contribution in [0.3, 0.4) is 0 Å². The van der Waals surface area contributed by atoms with E-state index >= 15 is 0 Å². The lowest BCUT2D eigenvalue weighted by molar-refractivity contribution is -0.121. The van der Waals surface area contributed by atoms with Crippen molar-refractivity contribution in [3.05, 3.63) is 51.5 Å². The molecule has 2 aromatic rings. The fraction of sp³-hybridized carbons (Fsp3) is 0.381. The van der Waals surface area contributed by atoms with E-state index in [0.717, 1.165) is 25.7 Å². The third-order valence-corrected chi connectivity index (χ3v) is 5.88. The van der Waals surface area contributed by atoms with Gasteiger partial charge in [0, 0.05) is 17.1 Å². The highest BCUT2D eigenvalue weighted by atomic mass is 32.1. The lowest BCUT2D eigenvalue weighted by Crippen LogP contribution is -2.35. The van der Waals surface area contributed by atoms with Crippen LogP contribution in [-0.4, -0.2) is 25.0 Å². The summed E-state index contributed by atoms with van der Waals surface area (Å²) in [5.41, 5.74) is 1.67. The van der Waals surface area contributed by atoms with Crippen LogP contribution in [0.5, 0.6) is 0 Å². The van der Waals surface area contributed by atoms with Crippen molar-refractivity contribution < 1.29 is 18.7 Å². The molecule has 0 N–H and O–H groups in total. The van der Waals surface area contributed by atoms with E-state index in [-0.39, 0.29) is 13.0 Å². The second kappa shape index (κ2) is 9.47. The Morgan fingerprint density at radius 2 is 1.93 bits per heavy atom. The number of nitriles is 1. The minimum Gasteiger partial charge on any atom is -0.451 e. The van der Waals surface area contributed by atoms with E-state index in [2.05, 4.69) is 0 Å². The quantitative estimate of drug-likeness (QED) is 0.537. The lowest BCUT2D eigenvalue weighted by Gasteiger charge is -2.21. The molecule has 1 aliphatic carbocycles. The largest absolute Gasteiger partial charge is 0.451 e. The van der Waals surface area contributed by atoms with Gasteiger partial charge in [0.05, 0.1) is 12.5 Å². The molecule has 0 atom stereocenters. The number of fused-ring (bicyclic) bond motifs is 1. The summed E-state index contributed by atoms with van der Waals surface area (Å²) in [5.74, 6) is -1.38. The van der Waals surface area contributed by atoms with Gasteiger partial charge in [0.1, 0.15) is 10.7 Å². The number of nitrogens with zero attached hydrogens (tertiary/aromatic N) is 2. The summed E-state index contributed by atoms with van der Waals surface area (Å²) in [7, 11) is 0. The number of anilines is 1. The van der Waals surface area contributed by atoms with Crippen LogP contribution in [0.4, 0.5) is 10.1 Å². The van der Waals surface area contributed by atoms with E-state index in [1.54, 1.807) is 0 Å². The van der Waals surface area contributed by atoms with Gasteiger partial charge in [0.25, 0.3) is 5.91 Å². The van der Waals surface area contributed by atoms with Crippen LogP contribution in [0.1, 0.15) is 45.8 Å². The summed E-state index contributed by atoms with van der Waals surface area (Å²) in [6.07, 6.45) is 5.55. The van der Waals surface area contributed by atoms with Crippen LogP contribution < -0.4 is 4.90 Å². The van der Waals surface area contributed by atoms with E-state index < -0.39 is 24.3 Å². The topological polar surface area (TPSA) is 70.4 Å². The van der Waals surface area contributed by atoms with Gasteiger partial charge in [-0.15, -0.1) is 11.3 Å². The van der Waals surface area contributed by atoms with Crippen LogP contribution in [-0.2, 0) is 22.4 Å². The maximum Gasteiger partial charge on any atom is 0.348 e. The van der Waals surface area contributed by atoms with E-state index in [1.807, 2.05) is 12.1 Å². The molecule has 28 heavy (non-hydrogen) atoms. The van der Waals surface area contributed by atoms with Crippen LogP contribution >= 0.6 is 11.3 Å². The van der Waals surface area contributed by atoms with Crippen LogP contribution in [0.2, 0.25) is 0 Å². The zero-order valence-electron chi connectivity index (χ0n) is 15.4. The molecule has 5 nitrogen and oxygen atoms in total. The number of halogens is 1. The Kier molecular flexibility index (Phi) is 6.77. The Bertz CT molecular complexity index is 863. The molecule has 146 valence electrons. The van der Waals surface area contributed by atoms with Crippen molar-refractivity contribution in [2.75, 3.05) is 18.1 Å². The molecule has 0 bridgehead atoms. The van der Waals surface area contributed by atoms with Gasteiger partial charge in [0.15, 0.2) is 6.61 Å². The van der Waals surface area contributed by atoms with Gasteiger partial charge in [-0.3, -0.25) is 4.79 Å². The first kappa shape index (κ1) is 20.0. The average molecular weight is 400 g/mol. The number of carbonyl (C=O) groups is 2. The average Bonchev–Trinajstić information content (AvgIpc) is 2.98. The minimum absolute atomic E-state index is 0.120. The predicted molar refractivity (Wildman–Crippen MR) is 105 cm³/mol. The van der Waals surface area contributed by atoms with E-state index in [4.69, 9.17) is 10.00 Å². The zero-order chi connectivity index (χ0) is 19.9. The molecule has 0 spiro atoms. The highest BCUT2D eigenvalue weighted by molar-refractivity contribution is 7.14. The smallest absolute Gasteiger partial charge is 0.348 e. The Labute approximate surface area is 167 Å². The second-order valence-electron chi connectivity index (χ2n) is 6.63. The summed E-state index contributed by atoms with van der Waals surface area (Å²) >= 11 is 1.44. The fourth-order valence-electron chi connectivity index (χ4n) is 3.22. The maximum absolute atomic E-state index is 13.1. The number of carbonyl (C=O) groups excluding carboxylic acids is 2. The van der Waals surface area contributed by atoms with Crippen molar-refractivity contribution in [2.24, 2.45) is 0 Å². The molecule has 0 unspecified atom stereocenters.